The van der Waals surface area contributed by atoms with Gasteiger partial charge in [0, 0.05) is 10.2 Å². The summed E-state index contributed by atoms with van der Waals surface area (Å²) < 4.78 is 17.2. The molecule has 1 aliphatic rings. The highest BCUT2D eigenvalue weighted by molar-refractivity contribution is 9.10. The zero-order chi connectivity index (χ0) is 21.0. The molecule has 7 nitrogen and oxygen atoms in total. The highest BCUT2D eigenvalue weighted by Crippen LogP contribution is 2.35. The van der Waals surface area contributed by atoms with Gasteiger partial charge in [-0.15, -0.1) is 0 Å². The molecule has 0 saturated carbocycles. The summed E-state index contributed by atoms with van der Waals surface area (Å²) >= 11 is 3.41. The lowest BCUT2D eigenvalue weighted by molar-refractivity contribution is -0.136. The molecule has 0 aliphatic carbocycles. The first-order chi connectivity index (χ1) is 13.9. The first-order valence-electron chi connectivity index (χ1n) is 8.84. The fourth-order valence-corrected chi connectivity index (χ4v) is 3.31. The van der Waals surface area contributed by atoms with Gasteiger partial charge in [-0.1, -0.05) is 34.1 Å². The Labute approximate surface area is 177 Å². The monoisotopic (exact) mass is 460 g/mol. The Hall–Kier alpha value is -3.00. The predicted octanol–water partition coefficient (Wildman–Crippen LogP) is 3.84. The van der Waals surface area contributed by atoms with Gasteiger partial charge in [0.1, 0.15) is 6.61 Å². The number of carbonyl (C=O) groups excluding carboxylic acids is 2. The Morgan fingerprint density at radius 2 is 1.83 bits per heavy atom. The maximum atomic E-state index is 12.2. The van der Waals surface area contributed by atoms with Crippen molar-refractivity contribution in [2.45, 2.75) is 19.6 Å². The Bertz CT molecular complexity index is 956. The largest absolute Gasteiger partial charge is 0.493 e. The van der Waals surface area contributed by atoms with Gasteiger partial charge < -0.3 is 24.8 Å². The Morgan fingerprint density at radius 3 is 2.48 bits per heavy atom. The number of amides is 2. The van der Waals surface area contributed by atoms with E-state index in [0.717, 1.165) is 10.0 Å². The Kier molecular flexibility index (Phi) is 6.43. The summed E-state index contributed by atoms with van der Waals surface area (Å²) in [6.07, 6.45) is 0. The van der Waals surface area contributed by atoms with Gasteiger partial charge in [-0.25, -0.2) is 9.59 Å². The summed E-state index contributed by atoms with van der Waals surface area (Å²) in [5.41, 5.74) is 2.46. The lowest BCUT2D eigenvalue weighted by Gasteiger charge is -2.28. The summed E-state index contributed by atoms with van der Waals surface area (Å²) in [6, 6.07) is 12.0. The summed E-state index contributed by atoms with van der Waals surface area (Å²) in [5, 5.41) is 5.35. The molecule has 1 heterocycles. The number of hydrogen-bond acceptors (Lipinski definition) is 5. The number of hydrogen-bond donors (Lipinski definition) is 2. The standard InChI is InChI=1S/C21H21BrN2O5/c1-12-18(20(25)28-3)19(24-21(26)23-12)14-6-9-16(17(10-14)27-2)29-11-13-4-7-15(22)8-5-13/h4-10,19H,11H2,1-3H3,(H2,23,24,26). The van der Waals surface area contributed by atoms with E-state index in [1.54, 1.807) is 25.1 Å². The van der Waals surface area contributed by atoms with E-state index in [1.807, 2.05) is 24.3 Å². The van der Waals surface area contributed by atoms with Crippen molar-refractivity contribution in [2.75, 3.05) is 14.2 Å². The van der Waals surface area contributed by atoms with Crippen LogP contribution in [0.3, 0.4) is 0 Å². The van der Waals surface area contributed by atoms with Crippen LogP contribution < -0.4 is 20.1 Å². The minimum Gasteiger partial charge on any atom is -0.493 e. The maximum Gasteiger partial charge on any atom is 0.337 e. The molecule has 0 spiro atoms. The number of rotatable bonds is 6. The molecule has 8 heteroatoms. The summed E-state index contributed by atoms with van der Waals surface area (Å²) in [5.74, 6) is 0.531. The molecular weight excluding hydrogens is 440 g/mol. The lowest BCUT2D eigenvalue weighted by Crippen LogP contribution is -2.45. The third-order valence-electron chi connectivity index (χ3n) is 4.50. The van der Waals surface area contributed by atoms with E-state index in [-0.39, 0.29) is 0 Å². The minimum absolute atomic E-state index is 0.331. The number of nitrogens with one attached hydrogen (secondary N) is 2. The summed E-state index contributed by atoms with van der Waals surface area (Å²) in [6.45, 7) is 2.03. The van der Waals surface area contributed by atoms with Gasteiger partial charge in [-0.05, 0) is 42.3 Å². The minimum atomic E-state index is -0.661. The van der Waals surface area contributed by atoms with Crippen molar-refractivity contribution in [3.63, 3.8) is 0 Å². The van der Waals surface area contributed by atoms with E-state index < -0.39 is 18.0 Å². The maximum absolute atomic E-state index is 12.2. The number of ether oxygens (including phenoxy) is 3. The Balaban J connectivity index is 1.87. The fourth-order valence-electron chi connectivity index (χ4n) is 3.05. The number of esters is 1. The van der Waals surface area contributed by atoms with Crippen molar-refractivity contribution in [2.24, 2.45) is 0 Å². The molecular formula is C21H21BrN2O5. The smallest absolute Gasteiger partial charge is 0.337 e. The fraction of sp³-hybridized carbons (Fsp3) is 0.238. The first kappa shape index (κ1) is 20.7. The van der Waals surface area contributed by atoms with Crippen molar-refractivity contribution in [1.29, 1.82) is 0 Å². The van der Waals surface area contributed by atoms with Gasteiger partial charge in [-0.3, -0.25) is 0 Å². The highest BCUT2D eigenvalue weighted by atomic mass is 79.9. The molecule has 152 valence electrons. The zero-order valence-electron chi connectivity index (χ0n) is 16.2. The number of allylic oxidation sites excluding steroid dienone is 1. The van der Waals surface area contributed by atoms with Crippen LogP contribution in [0.5, 0.6) is 11.5 Å². The summed E-state index contributed by atoms with van der Waals surface area (Å²) in [7, 11) is 2.84. The molecule has 1 atom stereocenters. The van der Waals surface area contributed by atoms with Crippen LogP contribution in [0.1, 0.15) is 24.1 Å². The summed E-state index contributed by atoms with van der Waals surface area (Å²) in [4.78, 5) is 24.2. The molecule has 0 aromatic heterocycles. The van der Waals surface area contributed by atoms with E-state index >= 15 is 0 Å². The van der Waals surface area contributed by atoms with Gasteiger partial charge in [0.25, 0.3) is 0 Å². The number of benzene rings is 2. The second-order valence-electron chi connectivity index (χ2n) is 6.39. The SMILES string of the molecule is COC(=O)C1=C(C)NC(=O)NC1c1ccc(OCc2ccc(Br)cc2)c(OC)c1. The van der Waals surface area contributed by atoms with Crippen LogP contribution in [0.25, 0.3) is 0 Å². The molecule has 2 N–H and O–H groups in total. The average Bonchev–Trinajstić information content (AvgIpc) is 2.72. The lowest BCUT2D eigenvalue weighted by atomic mass is 9.95. The average molecular weight is 461 g/mol. The quantitative estimate of drug-likeness (QED) is 0.639. The number of carbonyl (C=O) groups is 2. The molecule has 2 aromatic rings. The van der Waals surface area contributed by atoms with Crippen LogP contribution in [-0.2, 0) is 16.1 Å². The van der Waals surface area contributed by atoms with E-state index in [0.29, 0.717) is 34.9 Å². The van der Waals surface area contributed by atoms with Crippen LogP contribution >= 0.6 is 15.9 Å². The molecule has 3 rings (SSSR count). The van der Waals surface area contributed by atoms with Crippen LogP contribution in [0.4, 0.5) is 4.79 Å². The van der Waals surface area contributed by atoms with Crippen LogP contribution in [0.15, 0.2) is 58.2 Å². The molecule has 0 bridgehead atoms. The Morgan fingerprint density at radius 1 is 1.10 bits per heavy atom. The molecule has 0 radical (unpaired) electrons. The second-order valence-corrected chi connectivity index (χ2v) is 7.30. The molecule has 1 aliphatic heterocycles. The molecule has 29 heavy (non-hydrogen) atoms. The van der Waals surface area contributed by atoms with E-state index in [2.05, 4.69) is 26.6 Å². The highest BCUT2D eigenvalue weighted by Gasteiger charge is 2.32. The third-order valence-corrected chi connectivity index (χ3v) is 5.03. The molecule has 2 aromatic carbocycles. The second kappa shape index (κ2) is 9.00. The third kappa shape index (κ3) is 4.71. The van der Waals surface area contributed by atoms with E-state index in [4.69, 9.17) is 14.2 Å². The molecule has 0 fully saturated rings. The van der Waals surface area contributed by atoms with Crippen molar-refractivity contribution in [1.82, 2.24) is 10.6 Å². The number of halogens is 1. The van der Waals surface area contributed by atoms with Gasteiger partial charge in [0.05, 0.1) is 25.8 Å². The topological polar surface area (TPSA) is 85.9 Å². The first-order valence-corrected chi connectivity index (χ1v) is 9.64. The molecule has 1 unspecified atom stereocenters. The molecule has 2 amide bonds. The van der Waals surface area contributed by atoms with Gasteiger partial charge in [0.2, 0.25) is 0 Å². The van der Waals surface area contributed by atoms with Crippen molar-refractivity contribution in [3.8, 4) is 11.5 Å². The van der Waals surface area contributed by atoms with E-state index in [9.17, 15) is 9.59 Å². The van der Waals surface area contributed by atoms with Crippen molar-refractivity contribution >= 4 is 27.9 Å². The van der Waals surface area contributed by atoms with E-state index in [1.165, 1.54) is 14.2 Å². The molecule has 0 saturated heterocycles. The predicted molar refractivity (Wildman–Crippen MR) is 111 cm³/mol. The van der Waals surface area contributed by atoms with Crippen LogP contribution in [0.2, 0.25) is 0 Å². The zero-order valence-corrected chi connectivity index (χ0v) is 17.8. The van der Waals surface area contributed by atoms with Crippen molar-refractivity contribution < 1.29 is 23.8 Å². The number of urea groups is 1. The normalized spacial score (nSPS) is 16.0. The van der Waals surface area contributed by atoms with Gasteiger partial charge >= 0.3 is 12.0 Å². The van der Waals surface area contributed by atoms with Gasteiger partial charge in [0.15, 0.2) is 11.5 Å². The van der Waals surface area contributed by atoms with Crippen LogP contribution in [0, 0.1) is 0 Å². The van der Waals surface area contributed by atoms with Crippen LogP contribution in [-0.4, -0.2) is 26.2 Å². The number of methoxy groups -OCH3 is 2. The van der Waals surface area contributed by atoms with Crippen molar-refractivity contribution in [3.05, 3.63) is 69.3 Å². The van der Waals surface area contributed by atoms with Gasteiger partial charge in [-0.2, -0.15) is 0 Å².